The largest absolute Gasteiger partial charge is 0.495 e. The fourth-order valence-corrected chi connectivity index (χ4v) is 5.20. The van der Waals surface area contributed by atoms with Crippen LogP contribution < -0.4 is 20.3 Å². The van der Waals surface area contributed by atoms with Crippen LogP contribution in [0.2, 0.25) is 0 Å². The highest BCUT2D eigenvalue weighted by atomic mass is 127. The number of benzene rings is 2. The second-order valence-corrected chi connectivity index (χ2v) is 9.86. The molecule has 0 aliphatic carbocycles. The number of nitrogens with one attached hydrogen (secondary N) is 2. The standard InChI is InChI=1S/C23H32N4O3S.HI/c1-24-23(25-14-8-16-31(28,29)18-19-9-4-3-5-10-19)26-20-13-15-27(17-20)21-11-6-7-12-22(21)30-2;/h3-7,9-12,20H,8,13-18H2,1-2H3,(H2,24,25,26);1H. The molecule has 9 heteroatoms. The minimum Gasteiger partial charge on any atom is -0.495 e. The Labute approximate surface area is 208 Å². The van der Waals surface area contributed by atoms with Gasteiger partial charge < -0.3 is 20.3 Å². The molecule has 2 aromatic carbocycles. The van der Waals surface area contributed by atoms with Crippen LogP contribution in [0.25, 0.3) is 0 Å². The molecule has 1 fully saturated rings. The summed E-state index contributed by atoms with van der Waals surface area (Å²) in [6.45, 7) is 2.34. The van der Waals surface area contributed by atoms with Gasteiger partial charge >= 0.3 is 0 Å². The molecular weight excluding hydrogens is 539 g/mol. The number of methoxy groups -OCH3 is 1. The van der Waals surface area contributed by atoms with E-state index in [9.17, 15) is 8.42 Å². The Bertz CT molecular complexity index is 970. The van der Waals surface area contributed by atoms with Crippen molar-refractivity contribution in [3.05, 3.63) is 60.2 Å². The first-order valence-electron chi connectivity index (χ1n) is 10.6. The van der Waals surface area contributed by atoms with Gasteiger partial charge in [-0.2, -0.15) is 0 Å². The fraction of sp³-hybridized carbons (Fsp3) is 0.435. The topological polar surface area (TPSA) is 83.0 Å². The molecule has 1 aliphatic heterocycles. The summed E-state index contributed by atoms with van der Waals surface area (Å²) in [5.41, 5.74) is 1.93. The van der Waals surface area contributed by atoms with Gasteiger partial charge in [0.15, 0.2) is 15.8 Å². The van der Waals surface area contributed by atoms with E-state index < -0.39 is 9.84 Å². The lowest BCUT2D eigenvalue weighted by Crippen LogP contribution is -2.45. The quantitative estimate of drug-likeness (QED) is 0.208. The molecule has 3 rings (SSSR count). The molecule has 1 saturated heterocycles. The fourth-order valence-electron chi connectivity index (χ4n) is 3.78. The van der Waals surface area contributed by atoms with Gasteiger partial charge in [-0.15, -0.1) is 24.0 Å². The number of para-hydroxylation sites is 2. The third-order valence-electron chi connectivity index (χ3n) is 5.33. The van der Waals surface area contributed by atoms with E-state index in [1.807, 2.05) is 48.5 Å². The zero-order valence-corrected chi connectivity index (χ0v) is 21.8. The van der Waals surface area contributed by atoms with E-state index in [1.165, 1.54) is 0 Å². The van der Waals surface area contributed by atoms with Crippen molar-refractivity contribution in [1.82, 2.24) is 10.6 Å². The third kappa shape index (κ3) is 7.84. The predicted molar refractivity (Wildman–Crippen MR) is 142 cm³/mol. The molecule has 1 heterocycles. The van der Waals surface area contributed by atoms with Crippen LogP contribution in [-0.2, 0) is 15.6 Å². The van der Waals surface area contributed by atoms with Gasteiger partial charge in [0.1, 0.15) is 5.75 Å². The van der Waals surface area contributed by atoms with E-state index >= 15 is 0 Å². The highest BCUT2D eigenvalue weighted by Crippen LogP contribution is 2.30. The molecule has 7 nitrogen and oxygen atoms in total. The lowest BCUT2D eigenvalue weighted by atomic mass is 10.2. The van der Waals surface area contributed by atoms with E-state index in [4.69, 9.17) is 4.74 Å². The number of sulfone groups is 1. The van der Waals surface area contributed by atoms with Crippen LogP contribution in [0.5, 0.6) is 5.75 Å². The summed E-state index contributed by atoms with van der Waals surface area (Å²) in [6.07, 6.45) is 1.53. The smallest absolute Gasteiger partial charge is 0.191 e. The first kappa shape index (κ1) is 26.2. The van der Waals surface area contributed by atoms with Crippen molar-refractivity contribution >= 4 is 45.5 Å². The minimum atomic E-state index is -3.13. The molecule has 0 spiro atoms. The van der Waals surface area contributed by atoms with Crippen molar-refractivity contribution in [2.24, 2.45) is 4.99 Å². The molecule has 0 aromatic heterocycles. The zero-order valence-electron chi connectivity index (χ0n) is 18.7. The lowest BCUT2D eigenvalue weighted by molar-refractivity contribution is 0.415. The summed E-state index contributed by atoms with van der Waals surface area (Å²) < 4.78 is 30.1. The molecule has 1 atom stereocenters. The predicted octanol–water partition coefficient (Wildman–Crippen LogP) is 3.06. The monoisotopic (exact) mass is 572 g/mol. The summed E-state index contributed by atoms with van der Waals surface area (Å²) in [4.78, 5) is 6.59. The molecule has 2 N–H and O–H groups in total. The van der Waals surface area contributed by atoms with Crippen LogP contribution in [0.15, 0.2) is 59.6 Å². The summed E-state index contributed by atoms with van der Waals surface area (Å²) in [7, 11) is 0.296. The van der Waals surface area contributed by atoms with Gasteiger partial charge in [-0.1, -0.05) is 42.5 Å². The van der Waals surface area contributed by atoms with Crippen molar-refractivity contribution in [2.45, 2.75) is 24.6 Å². The number of anilines is 1. The second-order valence-electron chi connectivity index (χ2n) is 7.68. The maximum Gasteiger partial charge on any atom is 0.191 e. The zero-order chi connectivity index (χ0) is 22.1. The minimum absolute atomic E-state index is 0. The van der Waals surface area contributed by atoms with Crippen LogP contribution in [-0.4, -0.2) is 60.0 Å². The molecule has 176 valence electrons. The first-order chi connectivity index (χ1) is 15.0. The van der Waals surface area contributed by atoms with E-state index in [1.54, 1.807) is 14.2 Å². The Morgan fingerprint density at radius 3 is 2.59 bits per heavy atom. The Morgan fingerprint density at radius 2 is 1.88 bits per heavy atom. The van der Waals surface area contributed by atoms with Crippen molar-refractivity contribution in [3.8, 4) is 5.75 Å². The Balaban J connectivity index is 0.00000363. The van der Waals surface area contributed by atoms with Crippen molar-refractivity contribution in [3.63, 3.8) is 0 Å². The summed E-state index contributed by atoms with van der Waals surface area (Å²) in [5, 5.41) is 6.69. The average molecular weight is 573 g/mol. The Morgan fingerprint density at radius 1 is 1.16 bits per heavy atom. The van der Waals surface area contributed by atoms with Crippen LogP contribution in [0.3, 0.4) is 0 Å². The summed E-state index contributed by atoms with van der Waals surface area (Å²) >= 11 is 0. The van der Waals surface area contributed by atoms with Gasteiger partial charge in [-0.3, -0.25) is 4.99 Å². The highest BCUT2D eigenvalue weighted by molar-refractivity contribution is 14.0. The van der Waals surface area contributed by atoms with Gasteiger partial charge in [-0.05, 0) is 30.5 Å². The number of rotatable bonds is 9. The molecular formula is C23H33IN4O3S. The van der Waals surface area contributed by atoms with Crippen molar-refractivity contribution < 1.29 is 13.2 Å². The maximum atomic E-state index is 12.3. The van der Waals surface area contributed by atoms with Gasteiger partial charge in [0.2, 0.25) is 0 Å². The first-order valence-corrected chi connectivity index (χ1v) is 12.4. The normalized spacial score (nSPS) is 16.4. The maximum absolute atomic E-state index is 12.3. The number of halogens is 1. The van der Waals surface area contributed by atoms with Crippen LogP contribution in [0, 0.1) is 0 Å². The molecule has 32 heavy (non-hydrogen) atoms. The van der Waals surface area contributed by atoms with E-state index in [0.717, 1.165) is 36.5 Å². The third-order valence-corrected chi connectivity index (χ3v) is 7.02. The van der Waals surface area contributed by atoms with E-state index in [0.29, 0.717) is 18.9 Å². The van der Waals surface area contributed by atoms with Crippen LogP contribution in [0.1, 0.15) is 18.4 Å². The Kier molecular flexibility index (Phi) is 10.6. The van der Waals surface area contributed by atoms with Gasteiger partial charge in [0.25, 0.3) is 0 Å². The molecule has 0 amide bonds. The number of aliphatic imine (C=N–C) groups is 1. The van der Waals surface area contributed by atoms with Gasteiger partial charge in [0.05, 0.1) is 24.3 Å². The molecule has 1 aliphatic rings. The lowest BCUT2D eigenvalue weighted by Gasteiger charge is -2.22. The summed E-state index contributed by atoms with van der Waals surface area (Å²) in [5.74, 6) is 1.81. The number of nitrogens with zero attached hydrogens (tertiary/aromatic N) is 2. The van der Waals surface area contributed by atoms with E-state index in [2.05, 4.69) is 26.6 Å². The van der Waals surface area contributed by atoms with Gasteiger partial charge in [-0.25, -0.2) is 8.42 Å². The summed E-state index contributed by atoms with van der Waals surface area (Å²) in [6, 6.07) is 17.6. The molecule has 0 radical (unpaired) electrons. The molecule has 1 unspecified atom stereocenters. The molecule has 2 aromatic rings. The second kappa shape index (κ2) is 12.9. The van der Waals surface area contributed by atoms with Crippen molar-refractivity contribution in [2.75, 3.05) is 44.4 Å². The van der Waals surface area contributed by atoms with Crippen LogP contribution >= 0.6 is 24.0 Å². The SMILES string of the molecule is CN=C(NCCCS(=O)(=O)Cc1ccccc1)NC1CCN(c2ccccc2OC)C1.I. The molecule has 0 bridgehead atoms. The molecule has 0 saturated carbocycles. The number of hydrogen-bond acceptors (Lipinski definition) is 5. The van der Waals surface area contributed by atoms with Crippen LogP contribution in [0.4, 0.5) is 5.69 Å². The highest BCUT2D eigenvalue weighted by Gasteiger charge is 2.25. The van der Waals surface area contributed by atoms with Crippen molar-refractivity contribution in [1.29, 1.82) is 0 Å². The van der Waals surface area contributed by atoms with E-state index in [-0.39, 0.29) is 41.5 Å². The van der Waals surface area contributed by atoms with Gasteiger partial charge in [0, 0.05) is 32.7 Å². The number of guanidine groups is 1. The Hall–Kier alpha value is -2.01. The number of hydrogen-bond donors (Lipinski definition) is 2. The number of ether oxygens (including phenoxy) is 1. The average Bonchev–Trinajstić information content (AvgIpc) is 3.24.